The first-order valence-electron chi connectivity index (χ1n) is 7.53. The van der Waals surface area contributed by atoms with Crippen molar-refractivity contribution in [1.29, 1.82) is 0 Å². The number of H-pyrrole nitrogens is 1. The molecule has 3 rings (SSSR count). The average Bonchev–Trinajstić information content (AvgIpc) is 2.83. The lowest BCUT2D eigenvalue weighted by molar-refractivity contribution is -0.132. The van der Waals surface area contributed by atoms with Crippen molar-refractivity contribution < 1.29 is 19.1 Å². The molecule has 5 heteroatoms. The van der Waals surface area contributed by atoms with E-state index in [4.69, 9.17) is 9.47 Å². The fraction of sp³-hybridized carbons (Fsp3) is 0.158. The molecule has 0 spiro atoms. The van der Waals surface area contributed by atoms with Crippen LogP contribution in [0.2, 0.25) is 0 Å². The number of nitrogens with one attached hydrogen (secondary N) is 1. The molecule has 122 valence electrons. The molecule has 0 unspecified atom stereocenters. The largest absolute Gasteiger partial charge is 0.427 e. The molecular weight excluding hydrogens is 306 g/mol. The van der Waals surface area contributed by atoms with E-state index >= 15 is 0 Å². The Morgan fingerprint density at radius 3 is 2.08 bits per heavy atom. The lowest BCUT2D eigenvalue weighted by Gasteiger charge is -2.04. The third kappa shape index (κ3) is 3.15. The quantitative estimate of drug-likeness (QED) is 0.584. The Balaban J connectivity index is 1.98. The zero-order chi connectivity index (χ0) is 17.3. The average molecular weight is 323 g/mol. The molecule has 2 aromatic carbocycles. The maximum atomic E-state index is 11.1. The molecule has 1 heterocycles. The zero-order valence-corrected chi connectivity index (χ0v) is 13.7. The van der Waals surface area contributed by atoms with Crippen LogP contribution in [0.5, 0.6) is 11.5 Å². The van der Waals surface area contributed by atoms with Gasteiger partial charge >= 0.3 is 11.9 Å². The molecule has 0 radical (unpaired) electrons. The fourth-order valence-corrected chi connectivity index (χ4v) is 2.69. The van der Waals surface area contributed by atoms with Gasteiger partial charge in [0.25, 0.3) is 0 Å². The first kappa shape index (κ1) is 15.8. The Morgan fingerprint density at radius 2 is 1.46 bits per heavy atom. The predicted molar refractivity (Wildman–Crippen MR) is 91.1 cm³/mol. The molecular formula is C19H17NO4. The van der Waals surface area contributed by atoms with E-state index < -0.39 is 0 Å². The number of rotatable bonds is 3. The molecule has 0 aliphatic carbocycles. The molecule has 5 nitrogen and oxygen atoms in total. The van der Waals surface area contributed by atoms with Crippen LogP contribution in [0.4, 0.5) is 0 Å². The van der Waals surface area contributed by atoms with Gasteiger partial charge in [-0.05, 0) is 54.4 Å². The van der Waals surface area contributed by atoms with Gasteiger partial charge < -0.3 is 14.5 Å². The minimum atomic E-state index is -0.348. The van der Waals surface area contributed by atoms with Crippen molar-refractivity contribution in [1.82, 2.24) is 4.98 Å². The summed E-state index contributed by atoms with van der Waals surface area (Å²) >= 11 is 0. The van der Waals surface area contributed by atoms with Crippen molar-refractivity contribution in [2.75, 3.05) is 0 Å². The Morgan fingerprint density at radius 1 is 0.875 bits per heavy atom. The number of aromatic amines is 1. The summed E-state index contributed by atoms with van der Waals surface area (Å²) in [6, 6.07) is 12.8. The zero-order valence-electron chi connectivity index (χ0n) is 13.7. The number of esters is 2. The molecule has 3 aromatic rings. The molecule has 0 fully saturated rings. The highest BCUT2D eigenvalue weighted by molar-refractivity contribution is 5.91. The van der Waals surface area contributed by atoms with Gasteiger partial charge in [-0.15, -0.1) is 0 Å². The molecule has 0 bridgehead atoms. The molecule has 24 heavy (non-hydrogen) atoms. The molecule has 1 N–H and O–H groups in total. The van der Waals surface area contributed by atoms with Crippen LogP contribution in [0.3, 0.4) is 0 Å². The van der Waals surface area contributed by atoms with E-state index in [1.54, 1.807) is 24.3 Å². The number of aromatic nitrogens is 1. The number of hydrogen-bond donors (Lipinski definition) is 1. The maximum Gasteiger partial charge on any atom is 0.308 e. The monoisotopic (exact) mass is 323 g/mol. The van der Waals surface area contributed by atoms with Gasteiger partial charge in [0.05, 0.1) is 0 Å². The highest BCUT2D eigenvalue weighted by Gasteiger charge is 2.11. The summed E-state index contributed by atoms with van der Waals surface area (Å²) in [6.45, 7) is 4.77. The second-order valence-corrected chi connectivity index (χ2v) is 5.54. The van der Waals surface area contributed by atoms with Crippen LogP contribution in [-0.4, -0.2) is 16.9 Å². The first-order chi connectivity index (χ1) is 11.4. The number of fused-ring (bicyclic) bond motifs is 1. The Kier molecular flexibility index (Phi) is 4.08. The number of carbonyl (C=O) groups is 2. The molecule has 0 saturated carbocycles. The number of carbonyl (C=O) groups excluding carboxylic acids is 2. The smallest absolute Gasteiger partial charge is 0.308 e. The van der Waals surface area contributed by atoms with Crippen LogP contribution in [0.15, 0.2) is 42.5 Å². The SMILES string of the molecule is CC(=O)Oc1ccc(-c2[nH]c3cc(OC(C)=O)ccc3c2C)cc1. The highest BCUT2D eigenvalue weighted by atomic mass is 16.5. The summed E-state index contributed by atoms with van der Waals surface area (Å²) in [5, 5.41) is 1.06. The van der Waals surface area contributed by atoms with Crippen molar-refractivity contribution in [3.63, 3.8) is 0 Å². The lowest BCUT2D eigenvalue weighted by Crippen LogP contribution is -2.00. The topological polar surface area (TPSA) is 68.4 Å². The number of benzene rings is 2. The maximum absolute atomic E-state index is 11.1. The van der Waals surface area contributed by atoms with Crippen molar-refractivity contribution in [3.8, 4) is 22.8 Å². The summed E-state index contributed by atoms with van der Waals surface area (Å²) in [6.07, 6.45) is 0. The van der Waals surface area contributed by atoms with Crippen molar-refractivity contribution >= 4 is 22.8 Å². The van der Waals surface area contributed by atoms with Crippen molar-refractivity contribution in [2.24, 2.45) is 0 Å². The molecule has 0 amide bonds. The van der Waals surface area contributed by atoms with Gasteiger partial charge in [-0.25, -0.2) is 0 Å². The predicted octanol–water partition coefficient (Wildman–Crippen LogP) is 3.99. The number of aryl methyl sites for hydroxylation is 1. The summed E-state index contributed by atoms with van der Waals surface area (Å²) in [4.78, 5) is 25.4. The third-order valence-electron chi connectivity index (χ3n) is 3.70. The summed E-state index contributed by atoms with van der Waals surface area (Å²) < 4.78 is 10.2. The van der Waals surface area contributed by atoms with Crippen LogP contribution in [0.1, 0.15) is 19.4 Å². The van der Waals surface area contributed by atoms with Crippen LogP contribution in [0.25, 0.3) is 22.2 Å². The lowest BCUT2D eigenvalue weighted by atomic mass is 10.1. The van der Waals surface area contributed by atoms with Crippen LogP contribution >= 0.6 is 0 Å². The van der Waals surface area contributed by atoms with Gasteiger partial charge in [0, 0.05) is 36.5 Å². The first-order valence-corrected chi connectivity index (χ1v) is 7.53. The van der Waals surface area contributed by atoms with E-state index in [0.29, 0.717) is 11.5 Å². The molecule has 0 aliphatic rings. The summed E-state index contributed by atoms with van der Waals surface area (Å²) in [5.41, 5.74) is 3.94. The number of ether oxygens (including phenoxy) is 2. The van der Waals surface area contributed by atoms with E-state index in [9.17, 15) is 9.59 Å². The fourth-order valence-electron chi connectivity index (χ4n) is 2.69. The van der Waals surface area contributed by atoms with Crippen molar-refractivity contribution in [2.45, 2.75) is 20.8 Å². The second-order valence-electron chi connectivity index (χ2n) is 5.54. The molecule has 1 aromatic heterocycles. The Labute approximate surface area is 139 Å². The van der Waals surface area contributed by atoms with E-state index in [2.05, 4.69) is 4.98 Å². The standard InChI is InChI=1S/C19H17NO4/c1-11-17-9-8-16(24-13(3)22)10-18(17)20-19(11)14-4-6-15(7-5-14)23-12(2)21/h4-10,20H,1-3H3. The Hall–Kier alpha value is -3.08. The van der Waals surface area contributed by atoms with E-state index in [0.717, 1.165) is 27.7 Å². The number of hydrogen-bond acceptors (Lipinski definition) is 4. The van der Waals surface area contributed by atoms with E-state index in [1.165, 1.54) is 13.8 Å². The second kappa shape index (κ2) is 6.20. The van der Waals surface area contributed by atoms with Crippen LogP contribution < -0.4 is 9.47 Å². The van der Waals surface area contributed by atoms with Gasteiger partial charge in [0.1, 0.15) is 11.5 Å². The minimum Gasteiger partial charge on any atom is -0.427 e. The van der Waals surface area contributed by atoms with Crippen LogP contribution in [-0.2, 0) is 9.59 Å². The molecule has 0 saturated heterocycles. The van der Waals surface area contributed by atoms with Crippen molar-refractivity contribution in [3.05, 3.63) is 48.0 Å². The van der Waals surface area contributed by atoms with Crippen LogP contribution in [0, 0.1) is 6.92 Å². The highest BCUT2D eigenvalue weighted by Crippen LogP contribution is 2.32. The van der Waals surface area contributed by atoms with Gasteiger partial charge in [0.2, 0.25) is 0 Å². The Bertz CT molecular complexity index is 922. The van der Waals surface area contributed by atoms with Gasteiger partial charge in [-0.2, -0.15) is 0 Å². The van der Waals surface area contributed by atoms with Gasteiger partial charge in [-0.1, -0.05) is 0 Å². The molecule has 0 aliphatic heterocycles. The van der Waals surface area contributed by atoms with E-state index in [1.807, 2.05) is 25.1 Å². The van der Waals surface area contributed by atoms with Gasteiger partial charge in [0.15, 0.2) is 0 Å². The minimum absolute atomic E-state index is 0.345. The summed E-state index contributed by atoms with van der Waals surface area (Å²) in [5.74, 6) is 0.326. The normalized spacial score (nSPS) is 10.6. The molecule has 0 atom stereocenters. The van der Waals surface area contributed by atoms with Gasteiger partial charge in [-0.3, -0.25) is 9.59 Å². The third-order valence-corrected chi connectivity index (χ3v) is 3.70. The van der Waals surface area contributed by atoms with E-state index in [-0.39, 0.29) is 11.9 Å². The summed E-state index contributed by atoms with van der Waals surface area (Å²) in [7, 11) is 0.